The van der Waals surface area contributed by atoms with E-state index in [1.807, 2.05) is 0 Å². The zero-order valence-electron chi connectivity index (χ0n) is 9.27. The average Bonchev–Trinajstić information content (AvgIpc) is 2.59. The highest BCUT2D eigenvalue weighted by Crippen LogP contribution is 2.29. The first-order valence-electron chi connectivity index (χ1n) is 4.80. The molecule has 1 heterocycles. The first kappa shape index (κ1) is 12.3. The molecule has 0 aromatic rings. The molecule has 2 unspecified atom stereocenters. The number of carbonyl (C=O) groups excluding carboxylic acids is 2. The van der Waals surface area contributed by atoms with E-state index < -0.39 is 0 Å². The van der Waals surface area contributed by atoms with Crippen LogP contribution >= 0.6 is 12.8 Å². The van der Waals surface area contributed by atoms with Crippen LogP contribution in [0.1, 0.15) is 6.42 Å². The Kier molecular flexibility index (Phi) is 3.62. The molecule has 1 fully saturated rings. The number of nitrogens with zero attached hydrogens (tertiary/aromatic N) is 2. The number of thiol groups is 1. The molecule has 1 rings (SSSR count). The Hall–Kier alpha value is -0.750. The summed E-state index contributed by atoms with van der Waals surface area (Å²) in [5.41, 5.74) is 0. The van der Waals surface area contributed by atoms with Crippen molar-refractivity contribution in [1.29, 1.82) is 0 Å². The second-order valence-electron chi connectivity index (χ2n) is 4.01. The highest BCUT2D eigenvalue weighted by molar-refractivity contribution is 7.74. The first-order chi connectivity index (χ1) is 6.90. The van der Waals surface area contributed by atoms with E-state index in [2.05, 4.69) is 17.6 Å². The van der Waals surface area contributed by atoms with Gasteiger partial charge in [-0.05, 0) is 0 Å². The number of quaternary nitrogens is 1. The Morgan fingerprint density at radius 3 is 2.53 bits per heavy atom. The third-order valence-electron chi connectivity index (χ3n) is 2.64. The normalized spacial score (nSPS) is 30.0. The maximum Gasteiger partial charge on any atom is 0.430 e. The van der Waals surface area contributed by atoms with Crippen molar-refractivity contribution in [3.63, 3.8) is 0 Å². The van der Waals surface area contributed by atoms with Crippen LogP contribution in [0.3, 0.4) is 0 Å². The predicted octanol–water partition coefficient (Wildman–Crippen LogP) is 0.522. The lowest BCUT2D eigenvalue weighted by Gasteiger charge is -2.26. The Morgan fingerprint density at radius 1 is 1.47 bits per heavy atom. The topological polar surface area (TPSA) is 46.6 Å². The van der Waals surface area contributed by atoms with Gasteiger partial charge in [-0.1, -0.05) is 0 Å². The lowest BCUT2D eigenvalue weighted by molar-refractivity contribution is -0.696. The van der Waals surface area contributed by atoms with Gasteiger partial charge in [-0.15, -0.1) is 0 Å². The molecular formula is C9H17N2O3S+. The van der Waals surface area contributed by atoms with Gasteiger partial charge in [0, 0.05) is 20.5 Å². The van der Waals surface area contributed by atoms with E-state index in [1.54, 1.807) is 14.1 Å². The fourth-order valence-electron chi connectivity index (χ4n) is 1.82. The summed E-state index contributed by atoms with van der Waals surface area (Å²) in [6, 6.07) is -0.0928. The fourth-order valence-corrected chi connectivity index (χ4v) is 2.31. The number of likely N-dealkylation sites (tertiary alicyclic amines) is 1. The monoisotopic (exact) mass is 233 g/mol. The van der Waals surface area contributed by atoms with Crippen molar-refractivity contribution >= 4 is 24.8 Å². The molecule has 0 radical (unpaired) electrons. The van der Waals surface area contributed by atoms with Crippen molar-refractivity contribution in [2.24, 2.45) is 5.92 Å². The van der Waals surface area contributed by atoms with Crippen molar-refractivity contribution < 1.29 is 18.2 Å². The van der Waals surface area contributed by atoms with Gasteiger partial charge in [0.15, 0.2) is 0 Å². The number of rotatable bonds is 1. The van der Waals surface area contributed by atoms with Gasteiger partial charge in [0.05, 0.1) is 26.5 Å². The van der Waals surface area contributed by atoms with Gasteiger partial charge in [-0.3, -0.25) is 9.69 Å². The highest BCUT2D eigenvalue weighted by Gasteiger charge is 2.46. The molecule has 0 saturated carbocycles. The summed E-state index contributed by atoms with van der Waals surface area (Å²) in [6.45, 7) is 0.979. The predicted molar refractivity (Wildman–Crippen MR) is 58.2 cm³/mol. The lowest BCUT2D eigenvalue weighted by atomic mass is 10.1. The molecule has 0 N–H and O–H groups in total. The number of hydrogen-bond donors (Lipinski definition) is 1. The highest BCUT2D eigenvalue weighted by atomic mass is 32.1. The summed E-state index contributed by atoms with van der Waals surface area (Å²) in [4.78, 5) is 24.6. The van der Waals surface area contributed by atoms with E-state index >= 15 is 0 Å². The van der Waals surface area contributed by atoms with Gasteiger partial charge < -0.3 is 4.74 Å². The number of methoxy groups -OCH3 is 1. The Bertz CT molecular complexity index is 283. The molecule has 0 spiro atoms. The van der Waals surface area contributed by atoms with Gasteiger partial charge in [0.25, 0.3) is 0 Å². The minimum atomic E-state index is -0.254. The number of amides is 2. The molecule has 1 aliphatic rings. The fraction of sp³-hybridized carbons (Fsp3) is 0.778. The molecule has 0 bridgehead atoms. The largest absolute Gasteiger partial charge is 0.469 e. The molecular weight excluding hydrogens is 216 g/mol. The number of ether oxygens (including phenoxy) is 1. The molecule has 6 heteroatoms. The van der Waals surface area contributed by atoms with Gasteiger partial charge in [0.2, 0.25) is 0 Å². The maximum absolute atomic E-state index is 11.8. The molecule has 5 nitrogen and oxygen atoms in total. The standard InChI is InChI=1S/C9H17N2O3S/c1-10(2)9(13)11(15)5-4-7(6-11)8(12)14-3/h7,15H,4-6H2,1-3H3/q+1. The number of carbonyl (C=O) groups is 2. The molecule has 2 amide bonds. The second-order valence-corrected chi connectivity index (χ2v) is 4.78. The summed E-state index contributed by atoms with van der Waals surface area (Å²) < 4.78 is 4.65. The summed E-state index contributed by atoms with van der Waals surface area (Å²) in [6.07, 6.45) is 0.649. The van der Waals surface area contributed by atoms with Gasteiger partial charge in [-0.2, -0.15) is 3.89 Å². The molecule has 2 atom stereocenters. The van der Waals surface area contributed by atoms with Crippen LogP contribution in [0.2, 0.25) is 0 Å². The van der Waals surface area contributed by atoms with Crippen LogP contribution in [0.25, 0.3) is 0 Å². The SMILES string of the molecule is COC(=O)C1CC[N+](S)(C(=O)N(C)C)C1. The molecule has 0 aromatic heterocycles. The first-order valence-corrected chi connectivity index (χ1v) is 5.20. The Balaban J connectivity index is 2.68. The van der Waals surface area contributed by atoms with Crippen molar-refractivity contribution in [3.8, 4) is 0 Å². The molecule has 1 aliphatic heterocycles. The third kappa shape index (κ3) is 2.43. The van der Waals surface area contributed by atoms with Crippen LogP contribution in [-0.2, 0) is 9.53 Å². The smallest absolute Gasteiger partial charge is 0.430 e. The van der Waals surface area contributed by atoms with Crippen molar-refractivity contribution in [1.82, 2.24) is 4.90 Å². The van der Waals surface area contributed by atoms with E-state index in [0.29, 0.717) is 19.5 Å². The van der Waals surface area contributed by atoms with Crippen LogP contribution < -0.4 is 0 Å². The van der Waals surface area contributed by atoms with Crippen LogP contribution in [0, 0.1) is 5.92 Å². The van der Waals surface area contributed by atoms with Crippen LogP contribution in [0.15, 0.2) is 0 Å². The molecule has 1 saturated heterocycles. The lowest BCUT2D eigenvalue weighted by Crippen LogP contribution is -2.48. The zero-order chi connectivity index (χ0) is 11.6. The second kappa shape index (κ2) is 4.40. The van der Waals surface area contributed by atoms with Crippen molar-refractivity contribution in [3.05, 3.63) is 0 Å². The van der Waals surface area contributed by atoms with Gasteiger partial charge >= 0.3 is 12.0 Å². The summed E-state index contributed by atoms with van der Waals surface area (Å²) in [7, 11) is 4.73. The number of urea groups is 1. The minimum absolute atomic E-state index is 0.00718. The third-order valence-corrected chi connectivity index (χ3v) is 3.18. The maximum atomic E-state index is 11.8. The number of esters is 1. The Morgan fingerprint density at radius 2 is 2.07 bits per heavy atom. The summed E-state index contributed by atoms with van der Waals surface area (Å²) in [5.74, 6) is -0.466. The molecule has 0 aliphatic carbocycles. The van der Waals surface area contributed by atoms with Gasteiger partial charge in [0.1, 0.15) is 12.5 Å². The Labute approximate surface area is 95.1 Å². The summed E-state index contributed by atoms with van der Waals surface area (Å²) in [5, 5.41) is 0. The van der Waals surface area contributed by atoms with Gasteiger partial charge in [-0.25, -0.2) is 4.79 Å². The molecule has 86 valence electrons. The van der Waals surface area contributed by atoms with E-state index in [9.17, 15) is 9.59 Å². The van der Waals surface area contributed by atoms with Crippen LogP contribution in [0.4, 0.5) is 4.79 Å². The number of hydrogen-bond acceptors (Lipinski definition) is 4. The minimum Gasteiger partial charge on any atom is -0.469 e. The van der Waals surface area contributed by atoms with Crippen LogP contribution in [-0.4, -0.2) is 55.1 Å². The van der Waals surface area contributed by atoms with E-state index in [4.69, 9.17) is 0 Å². The van der Waals surface area contributed by atoms with E-state index in [1.165, 1.54) is 12.0 Å². The quantitative estimate of drug-likeness (QED) is 0.408. The average molecular weight is 233 g/mol. The summed E-state index contributed by atoms with van der Waals surface area (Å²) >= 11 is 4.35. The molecule has 15 heavy (non-hydrogen) atoms. The van der Waals surface area contributed by atoms with E-state index in [-0.39, 0.29) is 21.8 Å². The molecule has 0 aromatic carbocycles. The van der Waals surface area contributed by atoms with Crippen molar-refractivity contribution in [2.45, 2.75) is 6.42 Å². The zero-order valence-corrected chi connectivity index (χ0v) is 10.2. The van der Waals surface area contributed by atoms with E-state index in [0.717, 1.165) is 0 Å². The van der Waals surface area contributed by atoms with Crippen LogP contribution in [0.5, 0.6) is 0 Å². The van der Waals surface area contributed by atoms with Crippen molar-refractivity contribution in [2.75, 3.05) is 34.3 Å².